The Balaban J connectivity index is 1.30. The molecule has 6 nitrogen and oxygen atoms in total. The molecule has 0 aliphatic carbocycles. The van der Waals surface area contributed by atoms with Crippen molar-refractivity contribution in [2.45, 2.75) is 25.4 Å². The Bertz CT molecular complexity index is 1700. The van der Waals surface area contributed by atoms with Gasteiger partial charge in [-0.1, -0.05) is 54.1 Å². The molecule has 2 aromatic heterocycles. The Kier molecular flexibility index (Phi) is 7.24. The molecule has 6 rings (SSSR count). The molecule has 2 N–H and O–H groups in total. The summed E-state index contributed by atoms with van der Waals surface area (Å²) < 4.78 is 2.16. The van der Waals surface area contributed by atoms with E-state index in [2.05, 4.69) is 37.2 Å². The van der Waals surface area contributed by atoms with Gasteiger partial charge in [-0.3, -0.25) is 9.78 Å². The average molecular weight is 566 g/mol. The third-order valence-electron chi connectivity index (χ3n) is 7.34. The van der Waals surface area contributed by atoms with Crippen LogP contribution in [0.25, 0.3) is 16.5 Å². The van der Waals surface area contributed by atoms with Crippen molar-refractivity contribution in [2.75, 3.05) is 11.9 Å². The first-order valence-electron chi connectivity index (χ1n) is 13.2. The van der Waals surface area contributed by atoms with Gasteiger partial charge in [0.1, 0.15) is 0 Å². The van der Waals surface area contributed by atoms with Gasteiger partial charge < -0.3 is 20.1 Å². The van der Waals surface area contributed by atoms with Crippen LogP contribution < -0.4 is 10.6 Å². The minimum absolute atomic E-state index is 0.0668. The molecule has 0 radical (unpaired) electrons. The van der Waals surface area contributed by atoms with E-state index in [-0.39, 0.29) is 24.4 Å². The van der Waals surface area contributed by atoms with Crippen molar-refractivity contribution in [1.82, 2.24) is 19.8 Å². The molecule has 1 saturated heterocycles. The zero-order chi connectivity index (χ0) is 27.6. The van der Waals surface area contributed by atoms with Crippen molar-refractivity contribution < 1.29 is 4.79 Å². The Hall–Kier alpha value is -4.20. The first-order chi connectivity index (χ1) is 19.5. The van der Waals surface area contributed by atoms with E-state index < -0.39 is 0 Å². The van der Waals surface area contributed by atoms with Crippen LogP contribution in [0.4, 0.5) is 5.69 Å². The lowest BCUT2D eigenvalue weighted by Gasteiger charge is -2.29. The van der Waals surface area contributed by atoms with E-state index >= 15 is 0 Å². The van der Waals surface area contributed by atoms with Crippen LogP contribution in [0.5, 0.6) is 0 Å². The molecule has 1 aliphatic heterocycles. The standard InChI is InChI=1S/C32H28ClN5OS/c1-21-20-23(14-15-25(21)33)37-18-7-13-28(37)31-30(27-11-4-5-17-34-27)36-32(40)38(31)19-16-29(39)35-26-12-6-9-22-8-2-3-10-24(22)26/h2-15,17-18,20,30-31H,16,19H2,1H3,(H,35,39)(H,36,40). The number of nitrogens with one attached hydrogen (secondary N) is 2. The molecule has 8 heteroatoms. The third-order valence-corrected chi connectivity index (χ3v) is 8.12. The quantitative estimate of drug-likeness (QED) is 0.208. The summed E-state index contributed by atoms with van der Waals surface area (Å²) in [5.41, 5.74) is 4.74. The van der Waals surface area contributed by atoms with Crippen molar-refractivity contribution in [2.24, 2.45) is 0 Å². The number of nitrogens with zero attached hydrogens (tertiary/aromatic N) is 3. The summed E-state index contributed by atoms with van der Waals surface area (Å²) in [6.07, 6.45) is 4.11. The molecule has 1 fully saturated rings. The minimum Gasteiger partial charge on any atom is -0.352 e. The predicted molar refractivity (Wildman–Crippen MR) is 165 cm³/mol. The molecular formula is C32H28ClN5OS. The summed E-state index contributed by atoms with van der Waals surface area (Å²) in [6.45, 7) is 2.44. The Morgan fingerprint density at radius 2 is 1.85 bits per heavy atom. The number of thiocarbonyl (C=S) groups is 1. The van der Waals surface area contributed by atoms with E-state index in [1.54, 1.807) is 6.20 Å². The predicted octanol–water partition coefficient (Wildman–Crippen LogP) is 6.99. The lowest BCUT2D eigenvalue weighted by molar-refractivity contribution is -0.116. The molecule has 2 unspecified atom stereocenters. The van der Waals surface area contributed by atoms with Crippen LogP contribution in [0.3, 0.4) is 0 Å². The third kappa shape index (κ3) is 5.06. The second kappa shape index (κ2) is 11.1. The maximum absolute atomic E-state index is 13.2. The number of aromatic nitrogens is 2. The first-order valence-corrected chi connectivity index (χ1v) is 14.0. The molecule has 0 spiro atoms. The van der Waals surface area contributed by atoms with Gasteiger partial charge in [-0.05, 0) is 78.6 Å². The average Bonchev–Trinajstić information content (AvgIpc) is 3.58. The molecule has 3 heterocycles. The molecule has 0 saturated carbocycles. The van der Waals surface area contributed by atoms with Gasteiger partial charge in [-0.15, -0.1) is 0 Å². The molecule has 40 heavy (non-hydrogen) atoms. The van der Waals surface area contributed by atoms with Crippen molar-refractivity contribution >= 4 is 51.3 Å². The topological polar surface area (TPSA) is 62.2 Å². The molecule has 5 aromatic rings. The molecule has 0 bridgehead atoms. The minimum atomic E-state index is -0.183. The van der Waals surface area contributed by atoms with Gasteiger partial charge in [0.15, 0.2) is 5.11 Å². The summed E-state index contributed by atoms with van der Waals surface area (Å²) in [5.74, 6) is -0.0668. The molecular weight excluding hydrogens is 538 g/mol. The highest BCUT2D eigenvalue weighted by molar-refractivity contribution is 7.80. The number of rotatable bonds is 7. The van der Waals surface area contributed by atoms with Gasteiger partial charge in [-0.2, -0.15) is 0 Å². The summed E-state index contributed by atoms with van der Waals surface area (Å²) >= 11 is 12.2. The number of carbonyl (C=O) groups is 1. The van der Waals surface area contributed by atoms with E-state index in [0.717, 1.165) is 44.1 Å². The van der Waals surface area contributed by atoms with Crippen LogP contribution in [-0.2, 0) is 4.79 Å². The van der Waals surface area contributed by atoms with E-state index in [9.17, 15) is 4.79 Å². The Morgan fingerprint density at radius 3 is 2.67 bits per heavy atom. The van der Waals surface area contributed by atoms with Gasteiger partial charge in [0.2, 0.25) is 5.91 Å². The summed E-state index contributed by atoms with van der Waals surface area (Å²) in [6, 6.07) is 29.6. The summed E-state index contributed by atoms with van der Waals surface area (Å²) in [7, 11) is 0. The molecule has 2 atom stereocenters. The number of anilines is 1. The summed E-state index contributed by atoms with van der Waals surface area (Å²) in [4.78, 5) is 19.9. The summed E-state index contributed by atoms with van der Waals surface area (Å²) in [5, 5.41) is 10.0. The second-order valence-electron chi connectivity index (χ2n) is 9.88. The number of fused-ring (bicyclic) bond motifs is 1. The van der Waals surface area contributed by atoms with E-state index in [1.807, 2.05) is 92.0 Å². The monoisotopic (exact) mass is 565 g/mol. The number of carbonyl (C=O) groups excluding carboxylic acids is 1. The highest BCUT2D eigenvalue weighted by atomic mass is 35.5. The fourth-order valence-electron chi connectivity index (χ4n) is 5.39. The molecule has 3 aromatic carbocycles. The number of halogens is 1. The van der Waals surface area contributed by atoms with E-state index in [0.29, 0.717) is 11.7 Å². The number of hydrogen-bond acceptors (Lipinski definition) is 3. The smallest absolute Gasteiger partial charge is 0.226 e. The largest absolute Gasteiger partial charge is 0.352 e. The van der Waals surface area contributed by atoms with Crippen LogP contribution in [0.1, 0.15) is 35.5 Å². The highest BCUT2D eigenvalue weighted by Crippen LogP contribution is 2.40. The lowest BCUT2D eigenvalue weighted by Crippen LogP contribution is -2.33. The van der Waals surface area contributed by atoms with Gasteiger partial charge in [-0.25, -0.2) is 0 Å². The van der Waals surface area contributed by atoms with Crippen LogP contribution >= 0.6 is 23.8 Å². The van der Waals surface area contributed by atoms with Gasteiger partial charge >= 0.3 is 0 Å². The van der Waals surface area contributed by atoms with Crippen LogP contribution in [0.15, 0.2) is 103 Å². The number of aryl methyl sites for hydroxylation is 1. The zero-order valence-corrected chi connectivity index (χ0v) is 23.5. The highest BCUT2D eigenvalue weighted by Gasteiger charge is 2.41. The number of benzene rings is 3. The normalized spacial score (nSPS) is 16.8. The van der Waals surface area contributed by atoms with Crippen molar-refractivity contribution in [3.8, 4) is 5.69 Å². The second-order valence-corrected chi connectivity index (χ2v) is 10.7. The maximum Gasteiger partial charge on any atom is 0.226 e. The van der Waals surface area contributed by atoms with Crippen LogP contribution in [-0.4, -0.2) is 32.0 Å². The van der Waals surface area contributed by atoms with Gasteiger partial charge in [0, 0.05) is 52.8 Å². The van der Waals surface area contributed by atoms with E-state index in [4.69, 9.17) is 23.8 Å². The molecule has 1 aliphatic rings. The zero-order valence-electron chi connectivity index (χ0n) is 21.9. The van der Waals surface area contributed by atoms with Gasteiger partial charge in [0.05, 0.1) is 17.8 Å². The number of amides is 1. The SMILES string of the molecule is Cc1cc(-n2cccc2C2C(c3ccccn3)NC(=S)N2CCC(=O)Nc2cccc3ccccc23)ccc1Cl. The first kappa shape index (κ1) is 26.0. The Labute approximate surface area is 243 Å². The Morgan fingerprint density at radius 1 is 1.02 bits per heavy atom. The van der Waals surface area contributed by atoms with E-state index in [1.165, 1.54) is 0 Å². The lowest BCUT2D eigenvalue weighted by atomic mass is 10.0. The molecule has 1 amide bonds. The van der Waals surface area contributed by atoms with Crippen LogP contribution in [0, 0.1) is 6.92 Å². The number of hydrogen-bond donors (Lipinski definition) is 2. The van der Waals surface area contributed by atoms with Crippen molar-refractivity contribution in [3.05, 3.63) is 125 Å². The van der Waals surface area contributed by atoms with Crippen molar-refractivity contribution in [3.63, 3.8) is 0 Å². The fourth-order valence-corrected chi connectivity index (χ4v) is 5.84. The van der Waals surface area contributed by atoms with Crippen molar-refractivity contribution in [1.29, 1.82) is 0 Å². The fraction of sp³-hybridized carbons (Fsp3) is 0.156. The maximum atomic E-state index is 13.2. The molecule has 200 valence electrons. The van der Waals surface area contributed by atoms with Crippen LogP contribution in [0.2, 0.25) is 5.02 Å². The number of pyridine rings is 1. The van der Waals surface area contributed by atoms with Gasteiger partial charge in [0.25, 0.3) is 0 Å².